The van der Waals surface area contributed by atoms with Crippen molar-refractivity contribution in [1.82, 2.24) is 25.8 Å². The first-order chi connectivity index (χ1) is 27.4. The zero-order valence-electron chi connectivity index (χ0n) is 40.1. The molecule has 0 bridgehead atoms. The van der Waals surface area contributed by atoms with Crippen molar-refractivity contribution in [3.63, 3.8) is 0 Å². The summed E-state index contributed by atoms with van der Waals surface area (Å²) in [6.45, 7) is 30.7. The Bertz CT molecular complexity index is 1540. The summed E-state index contributed by atoms with van der Waals surface area (Å²) < 4.78 is 18.3. The second-order valence-electron chi connectivity index (χ2n) is 21.9. The van der Waals surface area contributed by atoms with E-state index >= 15 is 0 Å². The molecular formula is C46H79N5O9. The lowest BCUT2D eigenvalue weighted by Crippen LogP contribution is -2.68. The van der Waals surface area contributed by atoms with Crippen LogP contribution in [0.15, 0.2) is 24.3 Å². The molecule has 0 atom stereocenters. The number of hydrogen-bond acceptors (Lipinski definition) is 12. The van der Waals surface area contributed by atoms with Gasteiger partial charge in [-0.3, -0.25) is 9.59 Å². The van der Waals surface area contributed by atoms with Gasteiger partial charge in [-0.25, -0.2) is 4.79 Å². The Labute approximate surface area is 360 Å². The van der Waals surface area contributed by atoms with Crippen molar-refractivity contribution in [2.45, 2.75) is 193 Å². The van der Waals surface area contributed by atoms with Crippen LogP contribution in [0.5, 0.6) is 0 Å². The number of hydroxylamine groups is 6. The predicted octanol–water partition coefficient (Wildman–Crippen LogP) is 6.89. The molecule has 4 aliphatic rings. The molecule has 2 N–H and O–H groups in total. The van der Waals surface area contributed by atoms with E-state index in [0.29, 0.717) is 31.6 Å². The van der Waals surface area contributed by atoms with Gasteiger partial charge in [0.25, 0.3) is 0 Å². The Balaban J connectivity index is 0.000000265. The third kappa shape index (κ3) is 11.9. The van der Waals surface area contributed by atoms with Crippen LogP contribution in [0.2, 0.25) is 0 Å². The van der Waals surface area contributed by atoms with Crippen LogP contribution >= 0.6 is 0 Å². The largest absolute Gasteiger partial charge is 0.461 e. The maximum absolute atomic E-state index is 12.6. The summed E-state index contributed by atoms with van der Waals surface area (Å²) in [7, 11) is 5.09. The number of nitrogens with zero attached hydrogens (tertiary/aromatic N) is 3. The summed E-state index contributed by atoms with van der Waals surface area (Å²) in [6, 6.07) is 7.39. The Hall–Kier alpha value is -2.69. The van der Waals surface area contributed by atoms with E-state index < -0.39 is 5.79 Å². The average molecular weight is 846 g/mol. The SMILES string of the molecule is CON1C(C)(C)CC(NC(=O)CC(=O)NC2CC(C)(C)N(OC)C(C)(C)C2)CC1(C)C.CON1C(C)(C)CC2(CC1(C)C)OCC(C)(COC(=O)c1ccc(C)cc1)CO2. The van der Waals surface area contributed by atoms with Crippen molar-refractivity contribution >= 4 is 17.8 Å². The number of ether oxygens (including phenoxy) is 3. The van der Waals surface area contributed by atoms with Gasteiger partial charge >= 0.3 is 5.97 Å². The fraction of sp³-hybridized carbons (Fsp3) is 0.804. The third-order valence-electron chi connectivity index (χ3n) is 12.5. The molecule has 0 radical (unpaired) electrons. The molecule has 5 rings (SSSR count). The molecule has 0 saturated carbocycles. The van der Waals surface area contributed by atoms with E-state index in [-0.39, 0.29) is 81.5 Å². The van der Waals surface area contributed by atoms with E-state index in [0.717, 1.165) is 31.2 Å². The van der Waals surface area contributed by atoms with Crippen LogP contribution in [0.1, 0.15) is 151 Å². The molecule has 4 saturated heterocycles. The molecule has 1 aromatic rings. The summed E-state index contributed by atoms with van der Waals surface area (Å²) in [5, 5.41) is 12.2. The lowest BCUT2D eigenvalue weighted by Gasteiger charge is -2.59. The fourth-order valence-corrected chi connectivity index (χ4v) is 11.3. The van der Waals surface area contributed by atoms with Gasteiger partial charge < -0.3 is 39.4 Å². The van der Waals surface area contributed by atoms with Crippen LogP contribution in [0.3, 0.4) is 0 Å². The molecule has 0 unspecified atom stereocenters. The highest BCUT2D eigenvalue weighted by atomic mass is 16.7. The lowest BCUT2D eigenvalue weighted by atomic mass is 9.77. The molecular weight excluding hydrogens is 767 g/mol. The number of carbonyl (C=O) groups is 3. The smallest absolute Gasteiger partial charge is 0.338 e. The molecule has 342 valence electrons. The number of esters is 1. The summed E-state index contributed by atoms with van der Waals surface area (Å²) >= 11 is 0. The van der Waals surface area contributed by atoms with E-state index in [9.17, 15) is 14.4 Å². The molecule has 1 spiro atoms. The van der Waals surface area contributed by atoms with Gasteiger partial charge in [-0.2, -0.15) is 15.2 Å². The molecule has 1 aromatic carbocycles. The van der Waals surface area contributed by atoms with Crippen LogP contribution in [0.4, 0.5) is 0 Å². The van der Waals surface area contributed by atoms with E-state index in [2.05, 4.69) is 93.7 Å². The van der Waals surface area contributed by atoms with Crippen LogP contribution in [0.25, 0.3) is 0 Å². The topological polar surface area (TPSA) is 140 Å². The lowest BCUT2D eigenvalue weighted by molar-refractivity contribution is -0.378. The number of aryl methyl sites for hydroxylation is 1. The summed E-state index contributed by atoms with van der Waals surface area (Å²) in [6.07, 6.45) is 4.29. The number of benzene rings is 1. The molecule has 60 heavy (non-hydrogen) atoms. The first-order valence-corrected chi connectivity index (χ1v) is 21.6. The van der Waals surface area contributed by atoms with Crippen LogP contribution in [-0.4, -0.2) is 125 Å². The van der Waals surface area contributed by atoms with Crippen LogP contribution in [-0.2, 0) is 38.3 Å². The Morgan fingerprint density at radius 3 is 1.30 bits per heavy atom. The van der Waals surface area contributed by atoms with Crippen molar-refractivity contribution in [2.24, 2.45) is 5.41 Å². The Morgan fingerprint density at radius 2 is 0.950 bits per heavy atom. The van der Waals surface area contributed by atoms with Gasteiger partial charge in [0.1, 0.15) is 13.0 Å². The van der Waals surface area contributed by atoms with E-state index in [1.807, 2.05) is 41.2 Å². The maximum Gasteiger partial charge on any atom is 0.338 e. The number of piperidine rings is 3. The van der Waals surface area contributed by atoms with E-state index in [1.165, 1.54) is 0 Å². The summed E-state index contributed by atoms with van der Waals surface area (Å²) in [4.78, 5) is 54.6. The molecule has 2 amide bonds. The molecule has 4 fully saturated rings. The Kier molecular flexibility index (Phi) is 15.1. The van der Waals surface area contributed by atoms with Gasteiger partial charge in [0.2, 0.25) is 11.8 Å². The number of hydrogen-bond donors (Lipinski definition) is 2. The third-order valence-corrected chi connectivity index (χ3v) is 12.5. The monoisotopic (exact) mass is 846 g/mol. The van der Waals surface area contributed by atoms with Crippen molar-refractivity contribution in [2.75, 3.05) is 41.2 Å². The average Bonchev–Trinajstić information content (AvgIpc) is 3.06. The minimum absolute atomic E-state index is 0.000455. The first-order valence-electron chi connectivity index (χ1n) is 21.6. The second kappa shape index (κ2) is 18.2. The molecule has 14 nitrogen and oxygen atoms in total. The zero-order chi connectivity index (χ0) is 45.3. The van der Waals surface area contributed by atoms with Gasteiger partial charge in [0, 0.05) is 63.6 Å². The number of amides is 2. The van der Waals surface area contributed by atoms with Gasteiger partial charge in [-0.05, 0) is 128 Å². The van der Waals surface area contributed by atoms with E-state index in [1.54, 1.807) is 33.5 Å². The summed E-state index contributed by atoms with van der Waals surface area (Å²) in [5.41, 5.74) is -0.0524. The van der Waals surface area contributed by atoms with Crippen LogP contribution in [0, 0.1) is 12.3 Å². The predicted molar refractivity (Wildman–Crippen MR) is 231 cm³/mol. The van der Waals surface area contributed by atoms with Gasteiger partial charge in [0.15, 0.2) is 5.79 Å². The zero-order valence-corrected chi connectivity index (χ0v) is 40.1. The highest BCUT2D eigenvalue weighted by molar-refractivity contribution is 5.97. The molecule has 4 aliphatic heterocycles. The minimum Gasteiger partial charge on any atom is -0.461 e. The normalized spacial score (nSPS) is 25.7. The quantitative estimate of drug-likeness (QED) is 0.187. The summed E-state index contributed by atoms with van der Waals surface area (Å²) in [5.74, 6) is -1.43. The highest BCUT2D eigenvalue weighted by Gasteiger charge is 2.57. The van der Waals surface area contributed by atoms with Crippen molar-refractivity contribution < 1.29 is 43.1 Å². The number of carbonyl (C=O) groups excluding carboxylic acids is 3. The molecule has 0 aromatic heterocycles. The highest BCUT2D eigenvalue weighted by Crippen LogP contribution is 2.48. The number of nitrogens with one attached hydrogen (secondary N) is 2. The van der Waals surface area contributed by atoms with Crippen LogP contribution < -0.4 is 10.6 Å². The first kappa shape index (κ1) is 50.0. The minimum atomic E-state index is -0.650. The van der Waals surface area contributed by atoms with Crippen molar-refractivity contribution in [1.29, 1.82) is 0 Å². The molecule has 0 aliphatic carbocycles. The van der Waals surface area contributed by atoms with Gasteiger partial charge in [-0.15, -0.1) is 0 Å². The van der Waals surface area contributed by atoms with Crippen molar-refractivity contribution in [3.8, 4) is 0 Å². The Morgan fingerprint density at radius 1 is 0.600 bits per heavy atom. The second-order valence-corrected chi connectivity index (χ2v) is 21.9. The van der Waals surface area contributed by atoms with Gasteiger partial charge in [0.05, 0.1) is 40.1 Å². The maximum atomic E-state index is 12.6. The fourth-order valence-electron chi connectivity index (χ4n) is 11.3. The van der Waals surface area contributed by atoms with E-state index in [4.69, 9.17) is 28.7 Å². The molecule has 4 heterocycles. The molecule has 14 heteroatoms. The number of rotatable bonds is 10. The van der Waals surface area contributed by atoms with Crippen molar-refractivity contribution in [3.05, 3.63) is 35.4 Å². The van der Waals surface area contributed by atoms with Gasteiger partial charge in [-0.1, -0.05) is 24.6 Å². The standard InChI is InChI=1S/C23H44N4O4.C23H35NO5/c1-20(2)12-16(13-21(3,4)26(20)30-9)24-18(28)11-19(29)25-17-14-22(5,6)27(31-10)23(7,8)15-17;1-17-8-10-18(11-9-17)19(25)27-14-22(6)15-28-23(29-16-22)12-20(2,3)24(26-7)21(4,5)13-23/h16-17H,11-15H2,1-10H3,(H,24,28)(H,25,29);8-11H,12-16H2,1-7H3.